The van der Waals surface area contributed by atoms with Crippen LogP contribution < -0.4 is 0 Å². The fraction of sp³-hybridized carbons (Fsp3) is 0.750. The Labute approximate surface area is 62.8 Å². The van der Waals surface area contributed by atoms with Gasteiger partial charge in [0.25, 0.3) is 5.95 Å². The van der Waals surface area contributed by atoms with Gasteiger partial charge in [-0.05, 0) is 34.3 Å². The molecule has 0 N–H and O–H groups in total. The molecule has 0 aliphatic heterocycles. The summed E-state index contributed by atoms with van der Waals surface area (Å²) in [6, 6.07) is 0. The van der Waals surface area contributed by atoms with Gasteiger partial charge >= 0.3 is 0 Å². The summed E-state index contributed by atoms with van der Waals surface area (Å²) in [7, 11) is 0. The van der Waals surface area contributed by atoms with Gasteiger partial charge in [-0.3, -0.25) is 0 Å². The topological polar surface area (TPSA) is 18.5 Å². The second-order valence-electron chi connectivity index (χ2n) is 3.02. The third kappa shape index (κ3) is 5.48. The lowest BCUT2D eigenvalue weighted by Crippen LogP contribution is -2.19. The summed E-state index contributed by atoms with van der Waals surface area (Å²) in [5.41, 5.74) is -0.202. The van der Waals surface area contributed by atoms with Gasteiger partial charge in [0.05, 0.1) is 6.61 Å². The molecule has 0 saturated carbocycles. The van der Waals surface area contributed by atoms with Crippen molar-refractivity contribution in [2.75, 3.05) is 6.61 Å². The van der Waals surface area contributed by atoms with E-state index in [4.69, 9.17) is 9.47 Å². The van der Waals surface area contributed by atoms with Gasteiger partial charge in [-0.1, -0.05) is 0 Å². The van der Waals surface area contributed by atoms with Crippen LogP contribution in [0.5, 0.6) is 0 Å². The Balaban J connectivity index is 3.58. The summed E-state index contributed by atoms with van der Waals surface area (Å²) in [5.74, 6) is 0.398. The zero-order chi connectivity index (χ0) is 8.20. The average molecular weight is 144 g/mol. The zero-order valence-corrected chi connectivity index (χ0v) is 7.23. The van der Waals surface area contributed by atoms with Crippen molar-refractivity contribution in [3.8, 4) is 0 Å². The van der Waals surface area contributed by atoms with Crippen LogP contribution in [0.15, 0.2) is 12.5 Å². The number of rotatable bonds is 3. The Kier molecular flexibility index (Phi) is 3.26. The van der Waals surface area contributed by atoms with E-state index in [1.165, 1.54) is 0 Å². The maximum atomic E-state index is 5.26. The molecule has 0 radical (unpaired) electrons. The monoisotopic (exact) mass is 144 g/mol. The highest BCUT2D eigenvalue weighted by Crippen LogP contribution is 2.12. The van der Waals surface area contributed by atoms with E-state index in [0.717, 1.165) is 0 Å². The van der Waals surface area contributed by atoms with Crippen LogP contribution in [0.4, 0.5) is 0 Å². The molecule has 2 heteroatoms. The van der Waals surface area contributed by atoms with E-state index in [-0.39, 0.29) is 5.60 Å². The molecule has 0 aromatic carbocycles. The van der Waals surface area contributed by atoms with Crippen molar-refractivity contribution in [3.05, 3.63) is 12.5 Å². The van der Waals surface area contributed by atoms with E-state index in [2.05, 4.69) is 6.58 Å². The van der Waals surface area contributed by atoms with Gasteiger partial charge in [0.2, 0.25) is 0 Å². The highest BCUT2D eigenvalue weighted by atomic mass is 16.7. The standard InChI is InChI=1S/C8H16O2/c1-6-9-7(2)10-8(3,4)5/h2,6H2,1,3-5H3. The van der Waals surface area contributed by atoms with Crippen LogP contribution in [0.25, 0.3) is 0 Å². The minimum Gasteiger partial charge on any atom is -0.466 e. The van der Waals surface area contributed by atoms with Crippen molar-refractivity contribution in [3.63, 3.8) is 0 Å². The minimum absolute atomic E-state index is 0.202. The lowest BCUT2D eigenvalue weighted by atomic mass is 10.2. The minimum atomic E-state index is -0.202. The Morgan fingerprint density at radius 2 is 1.90 bits per heavy atom. The van der Waals surface area contributed by atoms with Crippen LogP contribution in [0, 0.1) is 0 Å². The van der Waals surface area contributed by atoms with E-state index in [9.17, 15) is 0 Å². The van der Waals surface area contributed by atoms with Crippen molar-refractivity contribution in [2.45, 2.75) is 33.3 Å². The van der Waals surface area contributed by atoms with Crippen LogP contribution in [0.2, 0.25) is 0 Å². The summed E-state index contributed by atoms with van der Waals surface area (Å²) in [5, 5.41) is 0. The van der Waals surface area contributed by atoms with Crippen molar-refractivity contribution in [2.24, 2.45) is 0 Å². The molecule has 0 aliphatic rings. The van der Waals surface area contributed by atoms with Crippen molar-refractivity contribution < 1.29 is 9.47 Å². The maximum absolute atomic E-state index is 5.26. The van der Waals surface area contributed by atoms with E-state index in [0.29, 0.717) is 12.6 Å². The molecule has 0 atom stereocenters. The molecule has 0 heterocycles. The molecule has 0 unspecified atom stereocenters. The molecule has 10 heavy (non-hydrogen) atoms. The normalized spacial score (nSPS) is 10.8. The molecule has 0 aromatic heterocycles. The first-order chi connectivity index (χ1) is 4.45. The predicted molar refractivity (Wildman–Crippen MR) is 41.6 cm³/mol. The second-order valence-corrected chi connectivity index (χ2v) is 3.02. The summed E-state index contributed by atoms with van der Waals surface area (Å²) >= 11 is 0. The first kappa shape index (κ1) is 9.34. The fourth-order valence-electron chi connectivity index (χ4n) is 0.532. The van der Waals surface area contributed by atoms with Crippen molar-refractivity contribution in [1.29, 1.82) is 0 Å². The molecule has 0 amide bonds. The van der Waals surface area contributed by atoms with Gasteiger partial charge in [-0.25, -0.2) is 0 Å². The molecule has 0 aliphatic carbocycles. The van der Waals surface area contributed by atoms with Crippen molar-refractivity contribution >= 4 is 0 Å². The summed E-state index contributed by atoms with van der Waals surface area (Å²) in [6.07, 6.45) is 0. The van der Waals surface area contributed by atoms with Gasteiger partial charge in [-0.15, -0.1) is 0 Å². The first-order valence-corrected chi connectivity index (χ1v) is 3.46. The fourth-order valence-corrected chi connectivity index (χ4v) is 0.532. The molecule has 60 valence electrons. The smallest absolute Gasteiger partial charge is 0.272 e. The van der Waals surface area contributed by atoms with E-state index in [1.54, 1.807) is 0 Å². The quantitative estimate of drug-likeness (QED) is 0.566. The second kappa shape index (κ2) is 3.49. The van der Waals surface area contributed by atoms with Gasteiger partial charge in [0.1, 0.15) is 5.60 Å². The number of ether oxygens (including phenoxy) is 2. The van der Waals surface area contributed by atoms with E-state index >= 15 is 0 Å². The summed E-state index contributed by atoms with van der Waals surface area (Å²) < 4.78 is 10.3. The third-order valence-electron chi connectivity index (χ3n) is 0.725. The van der Waals surface area contributed by atoms with Crippen LogP contribution in [0.3, 0.4) is 0 Å². The van der Waals surface area contributed by atoms with Gasteiger partial charge in [-0.2, -0.15) is 0 Å². The molecule has 0 saturated heterocycles. The van der Waals surface area contributed by atoms with Crippen LogP contribution >= 0.6 is 0 Å². The highest BCUT2D eigenvalue weighted by molar-refractivity contribution is 4.74. The highest BCUT2D eigenvalue weighted by Gasteiger charge is 2.12. The van der Waals surface area contributed by atoms with Gasteiger partial charge < -0.3 is 9.47 Å². The number of hydrogen-bond acceptors (Lipinski definition) is 2. The Morgan fingerprint density at radius 3 is 2.20 bits per heavy atom. The molecule has 0 aromatic rings. The van der Waals surface area contributed by atoms with Gasteiger partial charge in [0, 0.05) is 0 Å². The zero-order valence-electron chi connectivity index (χ0n) is 7.23. The number of hydrogen-bond donors (Lipinski definition) is 0. The third-order valence-corrected chi connectivity index (χ3v) is 0.725. The van der Waals surface area contributed by atoms with Gasteiger partial charge in [0.15, 0.2) is 0 Å². The summed E-state index contributed by atoms with van der Waals surface area (Å²) in [4.78, 5) is 0. The molecule has 0 spiro atoms. The average Bonchev–Trinajstić information content (AvgIpc) is 1.59. The molecular weight excluding hydrogens is 128 g/mol. The van der Waals surface area contributed by atoms with E-state index in [1.807, 2.05) is 27.7 Å². The molecule has 0 rings (SSSR count). The SMILES string of the molecule is C=C(OCC)OC(C)(C)C. The first-order valence-electron chi connectivity index (χ1n) is 3.46. The van der Waals surface area contributed by atoms with Crippen LogP contribution in [-0.4, -0.2) is 12.2 Å². The summed E-state index contributed by atoms with van der Waals surface area (Å²) in [6.45, 7) is 12.0. The lowest BCUT2D eigenvalue weighted by Gasteiger charge is -2.21. The predicted octanol–water partition coefficient (Wildman–Crippen LogP) is 2.31. The molecule has 2 nitrogen and oxygen atoms in total. The molecular formula is C8H16O2. The molecule has 0 fully saturated rings. The Hall–Kier alpha value is -0.660. The lowest BCUT2D eigenvalue weighted by molar-refractivity contribution is -0.0399. The Bertz CT molecular complexity index is 111. The van der Waals surface area contributed by atoms with Crippen molar-refractivity contribution in [1.82, 2.24) is 0 Å². The maximum Gasteiger partial charge on any atom is 0.272 e. The molecule has 0 bridgehead atoms. The van der Waals surface area contributed by atoms with E-state index < -0.39 is 0 Å². The Morgan fingerprint density at radius 1 is 1.40 bits per heavy atom. The van der Waals surface area contributed by atoms with Crippen LogP contribution in [-0.2, 0) is 9.47 Å². The largest absolute Gasteiger partial charge is 0.466 e. The van der Waals surface area contributed by atoms with Crippen LogP contribution in [0.1, 0.15) is 27.7 Å².